The molecule has 2 nitrogen and oxygen atoms in total. The van der Waals surface area contributed by atoms with E-state index in [1.807, 2.05) is 7.05 Å². The van der Waals surface area contributed by atoms with Crippen molar-refractivity contribution >= 4 is 0 Å². The van der Waals surface area contributed by atoms with Crippen LogP contribution in [0.2, 0.25) is 0 Å². The van der Waals surface area contributed by atoms with Gasteiger partial charge in [-0.3, -0.25) is 0 Å². The van der Waals surface area contributed by atoms with Gasteiger partial charge in [-0.15, -0.1) is 0 Å². The molecular weight excluding hydrogens is 76.1 g/mol. The average molecular weight is 90.2 g/mol. The van der Waals surface area contributed by atoms with Gasteiger partial charge in [0, 0.05) is 0 Å². The van der Waals surface area contributed by atoms with Gasteiger partial charge < -0.3 is 11.5 Å². The van der Waals surface area contributed by atoms with Crippen molar-refractivity contribution in [2.24, 2.45) is 0 Å². The van der Waals surface area contributed by atoms with Crippen LogP contribution in [0.1, 0.15) is 13.3 Å². The molecule has 0 aliphatic rings. The van der Waals surface area contributed by atoms with Crippen LogP contribution in [0, 0.1) is 0 Å². The van der Waals surface area contributed by atoms with E-state index >= 15 is 0 Å². The summed E-state index contributed by atoms with van der Waals surface area (Å²) < 4.78 is 0. The van der Waals surface area contributed by atoms with Gasteiger partial charge in [0.2, 0.25) is 0 Å². The Morgan fingerprint density at radius 3 is 2.00 bits per heavy atom. The highest BCUT2D eigenvalue weighted by molar-refractivity contribution is 4.28. The summed E-state index contributed by atoms with van der Waals surface area (Å²) in [6.45, 7) is 3.29. The number of nitrogens with one attached hydrogen (secondary N) is 1. The second-order valence-electron chi connectivity index (χ2n) is 1.10. The van der Waals surface area contributed by atoms with Crippen LogP contribution in [0.5, 0.6) is 0 Å². The number of hydrogen-bond acceptors (Lipinski definition) is 2. The van der Waals surface area contributed by atoms with Crippen molar-refractivity contribution in [1.29, 1.82) is 0 Å². The maximum Gasteiger partial charge on any atom is -0.00546 e. The van der Waals surface area contributed by atoms with E-state index < -0.39 is 0 Å². The van der Waals surface area contributed by atoms with E-state index in [1.54, 1.807) is 0 Å². The molecule has 0 rings (SSSR count). The van der Waals surface area contributed by atoms with Crippen molar-refractivity contribution in [3.05, 3.63) is 0 Å². The maximum atomic E-state index is 3.02. The highest BCUT2D eigenvalue weighted by Crippen LogP contribution is 1.62. The standard InChI is InChI=1S/C4H11N.H3N/c1-3-4-5-2;/h5H,3-4H2,1-2H3;1H3. The molecule has 0 aromatic carbocycles. The molecule has 40 valence electrons. The van der Waals surface area contributed by atoms with Crippen molar-refractivity contribution in [1.82, 2.24) is 11.5 Å². The smallest absolute Gasteiger partial charge is 0.00546 e. The zero-order valence-corrected chi connectivity index (χ0v) is 4.62. The van der Waals surface area contributed by atoms with E-state index in [-0.39, 0.29) is 6.15 Å². The predicted octanol–water partition coefficient (Wildman–Crippen LogP) is 0.778. The molecule has 0 aliphatic heterocycles. The SMILES string of the molecule is CCCNC.N. The summed E-state index contributed by atoms with van der Waals surface area (Å²) in [5.74, 6) is 0. The second-order valence-corrected chi connectivity index (χ2v) is 1.10. The fraction of sp³-hybridized carbons (Fsp3) is 1.00. The first kappa shape index (κ1) is 9.33. The fourth-order valence-corrected chi connectivity index (χ4v) is 0.250. The molecule has 4 N–H and O–H groups in total. The van der Waals surface area contributed by atoms with Crippen LogP contribution in [-0.2, 0) is 0 Å². The topological polar surface area (TPSA) is 47.0 Å². The first-order chi connectivity index (χ1) is 2.41. The lowest BCUT2D eigenvalue weighted by atomic mass is 10.5. The van der Waals surface area contributed by atoms with Crippen LogP contribution in [-0.4, -0.2) is 13.6 Å². The zero-order valence-electron chi connectivity index (χ0n) is 4.62. The minimum Gasteiger partial charge on any atom is -0.344 e. The maximum absolute atomic E-state index is 3.02. The Morgan fingerprint density at radius 2 is 2.00 bits per heavy atom. The highest BCUT2D eigenvalue weighted by atomic mass is 14.8. The van der Waals surface area contributed by atoms with E-state index in [1.165, 1.54) is 6.42 Å². The van der Waals surface area contributed by atoms with Gasteiger partial charge >= 0.3 is 0 Å². The van der Waals surface area contributed by atoms with Gasteiger partial charge in [-0.2, -0.15) is 0 Å². The van der Waals surface area contributed by atoms with Gasteiger partial charge in [-0.1, -0.05) is 6.92 Å². The second kappa shape index (κ2) is 8.87. The first-order valence-electron chi connectivity index (χ1n) is 2.06. The summed E-state index contributed by atoms with van der Waals surface area (Å²) in [5.41, 5.74) is 0. The van der Waals surface area contributed by atoms with Crippen LogP contribution < -0.4 is 11.5 Å². The third-order valence-electron chi connectivity index (χ3n) is 0.500. The molecule has 0 radical (unpaired) electrons. The lowest BCUT2D eigenvalue weighted by molar-refractivity contribution is 0.772. The molecule has 0 saturated carbocycles. The number of rotatable bonds is 2. The zero-order chi connectivity index (χ0) is 4.12. The van der Waals surface area contributed by atoms with Gasteiger partial charge in [0.1, 0.15) is 0 Å². The monoisotopic (exact) mass is 90.1 g/mol. The fourth-order valence-electron chi connectivity index (χ4n) is 0.250. The van der Waals surface area contributed by atoms with E-state index in [4.69, 9.17) is 0 Å². The van der Waals surface area contributed by atoms with Crippen LogP contribution in [0.25, 0.3) is 0 Å². The molecule has 6 heavy (non-hydrogen) atoms. The lowest BCUT2D eigenvalue weighted by Crippen LogP contribution is -2.04. The summed E-state index contributed by atoms with van der Waals surface area (Å²) in [7, 11) is 1.96. The minimum absolute atomic E-state index is 0. The Kier molecular flexibility index (Phi) is 13.8. The summed E-state index contributed by atoms with van der Waals surface area (Å²) in [6.07, 6.45) is 1.23. The molecule has 0 fully saturated rings. The van der Waals surface area contributed by atoms with E-state index in [9.17, 15) is 0 Å². The molecule has 0 aliphatic carbocycles. The lowest BCUT2D eigenvalue weighted by Gasteiger charge is -1.84. The van der Waals surface area contributed by atoms with Crippen molar-refractivity contribution in [2.75, 3.05) is 13.6 Å². The van der Waals surface area contributed by atoms with Crippen molar-refractivity contribution in [3.8, 4) is 0 Å². The Bertz CT molecular complexity index is 13.0. The van der Waals surface area contributed by atoms with Crippen LogP contribution in [0.15, 0.2) is 0 Å². The Morgan fingerprint density at radius 1 is 1.50 bits per heavy atom. The van der Waals surface area contributed by atoms with E-state index in [0.717, 1.165) is 6.54 Å². The van der Waals surface area contributed by atoms with Gasteiger partial charge in [0.05, 0.1) is 0 Å². The van der Waals surface area contributed by atoms with Crippen molar-refractivity contribution in [2.45, 2.75) is 13.3 Å². The van der Waals surface area contributed by atoms with Gasteiger partial charge in [0.15, 0.2) is 0 Å². The van der Waals surface area contributed by atoms with Gasteiger partial charge in [-0.25, -0.2) is 0 Å². The number of hydrogen-bond donors (Lipinski definition) is 2. The molecule has 0 heterocycles. The molecule has 0 bridgehead atoms. The minimum atomic E-state index is 0. The molecule has 0 unspecified atom stereocenters. The Balaban J connectivity index is 0. The molecule has 0 atom stereocenters. The third-order valence-corrected chi connectivity index (χ3v) is 0.500. The Labute approximate surface area is 39.5 Å². The first-order valence-corrected chi connectivity index (χ1v) is 2.06. The molecular formula is C4H14N2. The van der Waals surface area contributed by atoms with E-state index in [0.29, 0.717) is 0 Å². The van der Waals surface area contributed by atoms with Crippen LogP contribution in [0.4, 0.5) is 0 Å². The van der Waals surface area contributed by atoms with Crippen molar-refractivity contribution in [3.63, 3.8) is 0 Å². The summed E-state index contributed by atoms with van der Waals surface area (Å²) >= 11 is 0. The van der Waals surface area contributed by atoms with Crippen LogP contribution >= 0.6 is 0 Å². The van der Waals surface area contributed by atoms with E-state index in [2.05, 4.69) is 12.2 Å². The Hall–Kier alpha value is -0.0800. The summed E-state index contributed by atoms with van der Waals surface area (Å²) in [6, 6.07) is 0. The molecule has 2 heteroatoms. The van der Waals surface area contributed by atoms with Crippen molar-refractivity contribution < 1.29 is 0 Å². The highest BCUT2D eigenvalue weighted by Gasteiger charge is 1.64. The largest absolute Gasteiger partial charge is 0.344 e. The van der Waals surface area contributed by atoms with Crippen LogP contribution in [0.3, 0.4) is 0 Å². The van der Waals surface area contributed by atoms with Gasteiger partial charge in [0.25, 0.3) is 0 Å². The summed E-state index contributed by atoms with van der Waals surface area (Å²) in [5, 5.41) is 3.02. The molecule has 0 aromatic heterocycles. The summed E-state index contributed by atoms with van der Waals surface area (Å²) in [4.78, 5) is 0. The molecule has 0 amide bonds. The molecule has 0 aromatic rings. The molecule has 0 spiro atoms. The predicted molar refractivity (Wildman–Crippen MR) is 29.2 cm³/mol. The molecule has 0 saturated heterocycles. The average Bonchev–Trinajstić information content (AvgIpc) is 1.41. The van der Waals surface area contributed by atoms with Gasteiger partial charge in [-0.05, 0) is 20.0 Å². The quantitative estimate of drug-likeness (QED) is 0.526. The normalized spacial score (nSPS) is 7.00. The third kappa shape index (κ3) is 9.07.